The third kappa shape index (κ3) is 4.52. The Labute approximate surface area is 179 Å². The molecule has 0 fully saturated rings. The Morgan fingerprint density at radius 2 is 1.93 bits per heavy atom. The molecule has 6 nitrogen and oxygen atoms in total. The second kappa shape index (κ2) is 9.09. The zero-order valence-electron chi connectivity index (χ0n) is 17.0. The lowest BCUT2D eigenvalue weighted by atomic mass is 10.1. The third-order valence-electron chi connectivity index (χ3n) is 4.83. The van der Waals surface area contributed by atoms with Crippen molar-refractivity contribution in [3.63, 3.8) is 0 Å². The Kier molecular flexibility index (Phi) is 6.09. The number of carbonyl (C=O) groups is 1. The van der Waals surface area contributed by atoms with Crippen LogP contribution in [0.15, 0.2) is 66.1 Å². The molecule has 0 aliphatic heterocycles. The molecule has 0 spiro atoms. The molecule has 2 heterocycles. The van der Waals surface area contributed by atoms with Crippen molar-refractivity contribution in [2.24, 2.45) is 0 Å². The number of hydrogen-bond donors (Lipinski definition) is 1. The van der Waals surface area contributed by atoms with Crippen molar-refractivity contribution in [2.75, 3.05) is 12.3 Å². The van der Waals surface area contributed by atoms with E-state index in [1.54, 1.807) is 6.20 Å². The van der Waals surface area contributed by atoms with E-state index in [0.717, 1.165) is 33.7 Å². The number of amides is 1. The van der Waals surface area contributed by atoms with Gasteiger partial charge in [0.25, 0.3) is 0 Å². The van der Waals surface area contributed by atoms with Crippen molar-refractivity contribution in [3.05, 3.63) is 77.7 Å². The minimum absolute atomic E-state index is 0.00976. The van der Waals surface area contributed by atoms with E-state index in [-0.39, 0.29) is 5.91 Å². The van der Waals surface area contributed by atoms with Crippen molar-refractivity contribution in [1.82, 2.24) is 25.1 Å². The van der Waals surface area contributed by atoms with Gasteiger partial charge in [0.2, 0.25) is 5.91 Å². The molecule has 0 atom stereocenters. The minimum Gasteiger partial charge on any atom is -0.355 e. The molecule has 0 aliphatic rings. The number of carbonyl (C=O) groups excluding carboxylic acids is 1. The first-order valence-corrected chi connectivity index (χ1v) is 10.8. The molecular formula is C23H23N5OS. The Morgan fingerprint density at radius 1 is 1.10 bits per heavy atom. The van der Waals surface area contributed by atoms with Crippen LogP contribution in [0, 0.1) is 13.8 Å². The number of aryl methyl sites for hydroxylation is 2. The van der Waals surface area contributed by atoms with Crippen LogP contribution in [0.25, 0.3) is 16.7 Å². The van der Waals surface area contributed by atoms with Crippen molar-refractivity contribution < 1.29 is 4.79 Å². The quantitative estimate of drug-likeness (QED) is 0.365. The van der Waals surface area contributed by atoms with E-state index in [1.165, 1.54) is 29.2 Å². The van der Waals surface area contributed by atoms with E-state index in [0.29, 0.717) is 12.3 Å². The SMILES string of the molecule is Cc1ccc(-n2ncc3c(SCC(=O)NCCc4ccccc4)ncnc32)c(C)c1. The summed E-state index contributed by atoms with van der Waals surface area (Å²) in [5.74, 6) is 0.291. The smallest absolute Gasteiger partial charge is 0.230 e. The molecule has 4 aromatic rings. The van der Waals surface area contributed by atoms with Gasteiger partial charge in [-0.15, -0.1) is 0 Å². The van der Waals surface area contributed by atoms with Crippen LogP contribution in [0.1, 0.15) is 16.7 Å². The second-order valence-electron chi connectivity index (χ2n) is 7.14. The molecule has 1 amide bonds. The maximum absolute atomic E-state index is 12.2. The monoisotopic (exact) mass is 417 g/mol. The van der Waals surface area contributed by atoms with Crippen LogP contribution in [0.2, 0.25) is 0 Å². The first-order valence-electron chi connectivity index (χ1n) is 9.81. The van der Waals surface area contributed by atoms with Gasteiger partial charge in [0, 0.05) is 6.54 Å². The fourth-order valence-corrected chi connectivity index (χ4v) is 4.12. The number of nitrogens with zero attached hydrogens (tertiary/aromatic N) is 4. The first kappa shape index (κ1) is 20.1. The Morgan fingerprint density at radius 3 is 2.73 bits per heavy atom. The normalized spacial score (nSPS) is 11.0. The molecule has 30 heavy (non-hydrogen) atoms. The van der Waals surface area contributed by atoms with Crippen molar-refractivity contribution >= 4 is 28.7 Å². The highest BCUT2D eigenvalue weighted by Crippen LogP contribution is 2.26. The van der Waals surface area contributed by atoms with E-state index in [1.807, 2.05) is 28.9 Å². The lowest BCUT2D eigenvalue weighted by Gasteiger charge is -2.08. The van der Waals surface area contributed by atoms with Crippen molar-refractivity contribution in [1.29, 1.82) is 0 Å². The van der Waals surface area contributed by atoms with Gasteiger partial charge < -0.3 is 5.32 Å². The molecule has 2 aromatic carbocycles. The molecular weight excluding hydrogens is 394 g/mol. The molecule has 4 rings (SSSR count). The number of hydrogen-bond acceptors (Lipinski definition) is 5. The van der Waals surface area contributed by atoms with Gasteiger partial charge >= 0.3 is 0 Å². The largest absolute Gasteiger partial charge is 0.355 e. The van der Waals surface area contributed by atoms with Crippen LogP contribution in [0.3, 0.4) is 0 Å². The summed E-state index contributed by atoms with van der Waals surface area (Å²) in [5, 5.41) is 9.10. The Bertz CT molecular complexity index is 1170. The highest BCUT2D eigenvalue weighted by atomic mass is 32.2. The minimum atomic E-state index is -0.00976. The maximum Gasteiger partial charge on any atom is 0.230 e. The van der Waals surface area contributed by atoms with E-state index in [2.05, 4.69) is 58.5 Å². The van der Waals surface area contributed by atoms with Crippen LogP contribution in [-0.2, 0) is 11.2 Å². The van der Waals surface area contributed by atoms with Gasteiger partial charge in [-0.1, -0.05) is 59.8 Å². The molecule has 0 unspecified atom stereocenters. The summed E-state index contributed by atoms with van der Waals surface area (Å²) < 4.78 is 1.83. The summed E-state index contributed by atoms with van der Waals surface area (Å²) in [6, 6.07) is 16.4. The van der Waals surface area contributed by atoms with Gasteiger partial charge in [0.15, 0.2) is 5.65 Å². The van der Waals surface area contributed by atoms with Gasteiger partial charge in [-0.05, 0) is 37.5 Å². The summed E-state index contributed by atoms with van der Waals surface area (Å²) in [6.07, 6.45) is 4.11. The summed E-state index contributed by atoms with van der Waals surface area (Å²) in [7, 11) is 0. The molecule has 152 valence electrons. The van der Waals surface area contributed by atoms with Gasteiger partial charge in [0.1, 0.15) is 11.4 Å². The molecule has 0 radical (unpaired) electrons. The van der Waals surface area contributed by atoms with Crippen molar-refractivity contribution in [3.8, 4) is 5.69 Å². The number of thioether (sulfide) groups is 1. The standard InChI is InChI=1S/C23H23N5OS/c1-16-8-9-20(17(2)12-16)28-22-19(13-27-28)23(26-15-25-22)30-14-21(29)24-11-10-18-6-4-3-5-7-18/h3-9,12-13,15H,10-11,14H2,1-2H3,(H,24,29). The van der Waals surface area contributed by atoms with Gasteiger partial charge in [-0.3, -0.25) is 4.79 Å². The molecule has 0 saturated heterocycles. The van der Waals surface area contributed by atoms with Gasteiger partial charge in [-0.25, -0.2) is 14.6 Å². The molecule has 0 aliphatic carbocycles. The van der Waals surface area contributed by atoms with Crippen molar-refractivity contribution in [2.45, 2.75) is 25.3 Å². The van der Waals surface area contributed by atoms with E-state index < -0.39 is 0 Å². The van der Waals surface area contributed by atoms with Crippen LogP contribution >= 0.6 is 11.8 Å². The van der Waals surface area contributed by atoms with E-state index in [9.17, 15) is 4.79 Å². The average molecular weight is 418 g/mol. The molecule has 7 heteroatoms. The Balaban J connectivity index is 1.42. The number of benzene rings is 2. The number of nitrogens with one attached hydrogen (secondary N) is 1. The zero-order chi connectivity index (χ0) is 20.9. The summed E-state index contributed by atoms with van der Waals surface area (Å²) >= 11 is 1.40. The molecule has 1 N–H and O–H groups in total. The Hall–Kier alpha value is -3.19. The number of fused-ring (bicyclic) bond motifs is 1. The van der Waals surface area contributed by atoms with Gasteiger partial charge in [-0.2, -0.15) is 5.10 Å². The fourth-order valence-electron chi connectivity index (χ4n) is 3.33. The summed E-state index contributed by atoms with van der Waals surface area (Å²) in [4.78, 5) is 21.0. The summed E-state index contributed by atoms with van der Waals surface area (Å²) in [6.45, 7) is 4.75. The number of rotatable bonds is 7. The highest BCUT2D eigenvalue weighted by molar-refractivity contribution is 8.00. The van der Waals surface area contributed by atoms with E-state index in [4.69, 9.17) is 0 Å². The second-order valence-corrected chi connectivity index (χ2v) is 8.10. The van der Waals surface area contributed by atoms with E-state index >= 15 is 0 Å². The van der Waals surface area contributed by atoms with Crippen LogP contribution < -0.4 is 5.32 Å². The first-order chi connectivity index (χ1) is 14.6. The lowest BCUT2D eigenvalue weighted by molar-refractivity contribution is -0.118. The predicted molar refractivity (Wildman–Crippen MR) is 120 cm³/mol. The van der Waals surface area contributed by atoms with Crippen LogP contribution in [-0.4, -0.2) is 38.0 Å². The summed E-state index contributed by atoms with van der Waals surface area (Å²) in [5.41, 5.74) is 5.28. The highest BCUT2D eigenvalue weighted by Gasteiger charge is 2.14. The number of aromatic nitrogens is 4. The average Bonchev–Trinajstić information content (AvgIpc) is 3.17. The zero-order valence-corrected chi connectivity index (χ0v) is 17.8. The van der Waals surface area contributed by atoms with Crippen LogP contribution in [0.5, 0.6) is 0 Å². The lowest BCUT2D eigenvalue weighted by Crippen LogP contribution is -2.27. The predicted octanol–water partition coefficient (Wildman–Crippen LogP) is 3.88. The molecule has 2 aromatic heterocycles. The fraction of sp³-hybridized carbons (Fsp3) is 0.217. The topological polar surface area (TPSA) is 72.7 Å². The molecule has 0 saturated carbocycles. The van der Waals surface area contributed by atoms with Crippen LogP contribution in [0.4, 0.5) is 0 Å². The third-order valence-corrected chi connectivity index (χ3v) is 5.83. The maximum atomic E-state index is 12.2. The van der Waals surface area contributed by atoms with Gasteiger partial charge in [0.05, 0.1) is 23.0 Å². The molecule has 0 bridgehead atoms.